The average molecular weight is 498 g/mol. The number of methoxy groups -OCH3 is 1. The molecule has 0 saturated carbocycles. The Morgan fingerprint density at radius 2 is 2.07 bits per heavy atom. The van der Waals surface area contributed by atoms with Crippen LogP contribution in [0.1, 0.15) is 24.5 Å². The quantitative estimate of drug-likeness (QED) is 0.317. The van der Waals surface area contributed by atoms with E-state index in [-0.39, 0.29) is 11.6 Å². The van der Waals surface area contributed by atoms with Gasteiger partial charge in [-0.3, -0.25) is 0 Å². The fraction of sp³-hybridized carbons (Fsp3) is 0.200. The highest BCUT2D eigenvalue weighted by Crippen LogP contribution is 2.35. The Hall–Kier alpha value is -2.06. The molecule has 0 aromatic heterocycles. The van der Waals surface area contributed by atoms with Crippen molar-refractivity contribution in [1.29, 1.82) is 0 Å². The number of hydrogen-bond acceptors (Lipinski definition) is 5. The summed E-state index contributed by atoms with van der Waals surface area (Å²) in [7, 11) is 1.58. The van der Waals surface area contributed by atoms with Gasteiger partial charge in [0.15, 0.2) is 17.2 Å². The van der Waals surface area contributed by atoms with E-state index >= 15 is 0 Å². The maximum absolute atomic E-state index is 12.2. The van der Waals surface area contributed by atoms with Crippen molar-refractivity contribution in [3.05, 3.63) is 61.8 Å². The van der Waals surface area contributed by atoms with Crippen LogP contribution in [-0.2, 0) is 9.53 Å². The summed E-state index contributed by atoms with van der Waals surface area (Å²) >= 11 is 8.34. The molecule has 0 bridgehead atoms. The molecule has 0 spiro atoms. The van der Waals surface area contributed by atoms with Gasteiger partial charge in [0.25, 0.3) is 0 Å². The van der Waals surface area contributed by atoms with Gasteiger partial charge in [-0.2, -0.15) is 0 Å². The van der Waals surface area contributed by atoms with Crippen LogP contribution in [0.25, 0.3) is 6.08 Å². The minimum absolute atomic E-state index is 0.196. The number of esters is 1. The number of carbonyl (C=O) groups excluding carboxylic acids is 1. The van der Waals surface area contributed by atoms with Crippen LogP contribution in [0.5, 0.6) is 11.5 Å². The van der Waals surface area contributed by atoms with Crippen molar-refractivity contribution >= 4 is 52.1 Å². The average Bonchev–Trinajstić information content (AvgIpc) is 3.01. The van der Waals surface area contributed by atoms with E-state index in [4.69, 9.17) is 25.8 Å². The van der Waals surface area contributed by atoms with Crippen molar-refractivity contribution in [3.63, 3.8) is 0 Å². The number of benzene rings is 2. The summed E-state index contributed by atoms with van der Waals surface area (Å²) in [5.41, 5.74) is 1.53. The molecule has 0 fully saturated rings. The second-order valence-corrected chi connectivity index (χ2v) is 7.27. The van der Waals surface area contributed by atoms with E-state index in [0.717, 1.165) is 15.6 Å². The molecule has 0 radical (unpaired) electrons. The third-order valence-electron chi connectivity index (χ3n) is 3.73. The summed E-state index contributed by atoms with van der Waals surface area (Å²) in [6.07, 6.45) is 2.55. The Morgan fingerprint density at radius 3 is 2.78 bits per heavy atom. The van der Waals surface area contributed by atoms with E-state index in [1.807, 2.05) is 19.1 Å². The first-order valence-corrected chi connectivity index (χ1v) is 9.77. The molecule has 1 heterocycles. The van der Waals surface area contributed by atoms with Crippen LogP contribution in [0.3, 0.4) is 0 Å². The van der Waals surface area contributed by atoms with Gasteiger partial charge >= 0.3 is 5.97 Å². The van der Waals surface area contributed by atoms with E-state index in [1.54, 1.807) is 37.5 Å². The van der Waals surface area contributed by atoms with Crippen molar-refractivity contribution < 1.29 is 19.0 Å². The Morgan fingerprint density at radius 1 is 1.30 bits per heavy atom. The summed E-state index contributed by atoms with van der Waals surface area (Å²) in [4.78, 5) is 16.5. The molecule has 0 N–H and O–H groups in total. The molecule has 2 aromatic carbocycles. The van der Waals surface area contributed by atoms with E-state index in [9.17, 15) is 4.79 Å². The molecule has 0 amide bonds. The molecule has 1 aliphatic heterocycles. The number of hydrogen-bond donors (Lipinski definition) is 0. The zero-order chi connectivity index (χ0) is 19.4. The lowest BCUT2D eigenvalue weighted by Crippen LogP contribution is -2.05. The minimum atomic E-state index is -0.523. The summed E-state index contributed by atoms with van der Waals surface area (Å²) < 4.78 is 17.3. The highest BCUT2D eigenvalue weighted by molar-refractivity contribution is 14.1. The van der Waals surface area contributed by atoms with Crippen molar-refractivity contribution in [2.45, 2.75) is 13.3 Å². The SMILES string of the molecule is CCCOc1c(I)cc(/C=C2\N=C(c3ccccc3Cl)OC2=O)cc1OC. The van der Waals surface area contributed by atoms with Gasteiger partial charge in [-0.1, -0.05) is 30.7 Å². The van der Waals surface area contributed by atoms with Crippen LogP contribution in [0.15, 0.2) is 47.1 Å². The molecule has 27 heavy (non-hydrogen) atoms. The number of rotatable bonds is 6. The number of ether oxygens (including phenoxy) is 3. The fourth-order valence-electron chi connectivity index (χ4n) is 2.48. The van der Waals surface area contributed by atoms with Gasteiger partial charge in [-0.05, 0) is 64.9 Å². The van der Waals surface area contributed by atoms with E-state index in [1.165, 1.54) is 0 Å². The van der Waals surface area contributed by atoms with Gasteiger partial charge in [0, 0.05) is 0 Å². The predicted octanol–water partition coefficient (Wildman–Crippen LogP) is 5.09. The van der Waals surface area contributed by atoms with Gasteiger partial charge in [0.05, 0.1) is 27.9 Å². The normalized spacial score (nSPS) is 14.9. The van der Waals surface area contributed by atoms with Crippen LogP contribution in [0, 0.1) is 3.57 Å². The first kappa shape index (κ1) is 19.7. The zero-order valence-electron chi connectivity index (χ0n) is 14.8. The third-order valence-corrected chi connectivity index (χ3v) is 4.86. The lowest BCUT2D eigenvalue weighted by Gasteiger charge is -2.13. The van der Waals surface area contributed by atoms with Gasteiger partial charge < -0.3 is 14.2 Å². The van der Waals surface area contributed by atoms with Gasteiger partial charge in [-0.25, -0.2) is 9.79 Å². The maximum Gasteiger partial charge on any atom is 0.363 e. The lowest BCUT2D eigenvalue weighted by molar-refractivity contribution is -0.129. The van der Waals surface area contributed by atoms with E-state index in [0.29, 0.717) is 28.7 Å². The van der Waals surface area contributed by atoms with Crippen LogP contribution in [-0.4, -0.2) is 25.6 Å². The molecule has 0 aliphatic carbocycles. The number of cyclic esters (lactones) is 1. The number of nitrogens with zero attached hydrogens (tertiary/aromatic N) is 1. The number of carbonyl (C=O) groups is 1. The molecule has 2 aromatic rings. The Labute approximate surface area is 176 Å². The highest BCUT2D eigenvalue weighted by atomic mass is 127. The Bertz CT molecular complexity index is 940. The molecule has 7 heteroatoms. The lowest BCUT2D eigenvalue weighted by atomic mass is 10.1. The zero-order valence-corrected chi connectivity index (χ0v) is 17.7. The summed E-state index contributed by atoms with van der Waals surface area (Å²) in [6.45, 7) is 2.64. The molecule has 0 saturated heterocycles. The van der Waals surface area contributed by atoms with Crippen molar-refractivity contribution in [2.75, 3.05) is 13.7 Å². The Balaban J connectivity index is 1.95. The molecular formula is C20H17ClINO4. The second-order valence-electron chi connectivity index (χ2n) is 5.70. The van der Waals surface area contributed by atoms with Crippen LogP contribution < -0.4 is 9.47 Å². The summed E-state index contributed by atoms with van der Waals surface area (Å²) in [6, 6.07) is 10.8. The molecule has 5 nitrogen and oxygen atoms in total. The van der Waals surface area contributed by atoms with Gasteiger partial charge in [0.2, 0.25) is 5.90 Å². The fourth-order valence-corrected chi connectivity index (χ4v) is 3.48. The van der Waals surface area contributed by atoms with Gasteiger partial charge in [0.1, 0.15) is 0 Å². The molecule has 1 aliphatic rings. The van der Waals surface area contributed by atoms with E-state index < -0.39 is 5.97 Å². The largest absolute Gasteiger partial charge is 0.493 e. The van der Waals surface area contributed by atoms with E-state index in [2.05, 4.69) is 27.6 Å². The molecule has 140 valence electrons. The molecule has 0 unspecified atom stereocenters. The highest BCUT2D eigenvalue weighted by Gasteiger charge is 2.25. The van der Waals surface area contributed by atoms with Gasteiger partial charge in [-0.15, -0.1) is 0 Å². The van der Waals surface area contributed by atoms with Crippen molar-refractivity contribution in [2.24, 2.45) is 4.99 Å². The Kier molecular flexibility index (Phi) is 6.38. The number of aliphatic imine (C=N–C) groups is 1. The molecular weight excluding hydrogens is 481 g/mol. The monoisotopic (exact) mass is 497 g/mol. The second kappa shape index (κ2) is 8.75. The summed E-state index contributed by atoms with van der Waals surface area (Å²) in [5, 5.41) is 0.471. The van der Waals surface area contributed by atoms with Crippen LogP contribution >= 0.6 is 34.2 Å². The minimum Gasteiger partial charge on any atom is -0.493 e. The first-order valence-electron chi connectivity index (χ1n) is 8.31. The standard InChI is InChI=1S/C20H17ClINO4/c1-3-8-26-18-15(22)9-12(11-17(18)25-2)10-16-20(24)27-19(23-16)13-6-4-5-7-14(13)21/h4-7,9-11H,3,8H2,1-2H3/b16-10-. The maximum atomic E-state index is 12.2. The summed E-state index contributed by atoms with van der Waals surface area (Å²) in [5.74, 6) is 0.965. The van der Waals surface area contributed by atoms with Crippen LogP contribution in [0.2, 0.25) is 5.02 Å². The predicted molar refractivity (Wildman–Crippen MR) is 114 cm³/mol. The van der Waals surface area contributed by atoms with Crippen molar-refractivity contribution in [1.82, 2.24) is 0 Å². The topological polar surface area (TPSA) is 57.1 Å². The van der Waals surface area contributed by atoms with Crippen molar-refractivity contribution in [3.8, 4) is 11.5 Å². The first-order chi connectivity index (χ1) is 13.0. The molecule has 3 rings (SSSR count). The molecule has 0 atom stereocenters. The third kappa shape index (κ3) is 4.44. The van der Waals surface area contributed by atoms with Crippen LogP contribution in [0.4, 0.5) is 0 Å². The smallest absolute Gasteiger partial charge is 0.363 e. The number of halogens is 2.